The van der Waals surface area contributed by atoms with Gasteiger partial charge in [-0.1, -0.05) is 12.8 Å². The molecule has 0 spiro atoms. The minimum atomic E-state index is -3.35. The van der Waals surface area contributed by atoms with Crippen molar-refractivity contribution in [1.29, 1.82) is 0 Å². The van der Waals surface area contributed by atoms with Gasteiger partial charge in [0, 0.05) is 38.3 Å². The lowest BCUT2D eigenvalue weighted by Gasteiger charge is -2.28. The predicted octanol–water partition coefficient (Wildman–Crippen LogP) is 1.22. The van der Waals surface area contributed by atoms with Gasteiger partial charge in [-0.3, -0.25) is 0 Å². The van der Waals surface area contributed by atoms with Gasteiger partial charge in [0.15, 0.2) is 0 Å². The summed E-state index contributed by atoms with van der Waals surface area (Å²) in [4.78, 5) is 4.46. The maximum Gasteiger partial charge on any atom is 0.279 e. The monoisotopic (exact) mass is 312 g/mol. The summed E-state index contributed by atoms with van der Waals surface area (Å²) < 4.78 is 31.6. The van der Waals surface area contributed by atoms with Gasteiger partial charge in [0.05, 0.1) is 5.69 Å². The zero-order valence-corrected chi connectivity index (χ0v) is 13.4. The zero-order chi connectivity index (χ0) is 14.9. The van der Waals surface area contributed by atoms with Crippen LogP contribution in [0.5, 0.6) is 0 Å². The van der Waals surface area contributed by atoms with Crippen molar-refractivity contribution in [3.63, 3.8) is 0 Å². The van der Waals surface area contributed by atoms with Crippen molar-refractivity contribution in [3.05, 3.63) is 17.7 Å². The Hall–Kier alpha value is -0.920. The topological polar surface area (TPSA) is 67.2 Å². The molecule has 3 heterocycles. The highest BCUT2D eigenvalue weighted by molar-refractivity contribution is 7.87. The van der Waals surface area contributed by atoms with Gasteiger partial charge >= 0.3 is 0 Å². The first kappa shape index (κ1) is 15.0. The van der Waals surface area contributed by atoms with Crippen molar-refractivity contribution in [3.8, 4) is 0 Å². The van der Waals surface area contributed by atoms with Crippen LogP contribution in [0.25, 0.3) is 0 Å². The summed E-state index contributed by atoms with van der Waals surface area (Å²) in [5, 5.41) is 0. The maximum atomic E-state index is 12.5. The van der Waals surface area contributed by atoms with E-state index in [9.17, 15) is 8.42 Å². The van der Waals surface area contributed by atoms with E-state index in [1.807, 2.05) is 13.1 Å². The first-order chi connectivity index (χ1) is 10.0. The van der Waals surface area contributed by atoms with Gasteiger partial charge in [-0.25, -0.2) is 4.98 Å². The van der Waals surface area contributed by atoms with E-state index >= 15 is 0 Å². The highest BCUT2D eigenvalue weighted by Crippen LogP contribution is 2.18. The van der Waals surface area contributed by atoms with Crippen LogP contribution in [0.4, 0.5) is 0 Å². The van der Waals surface area contributed by atoms with E-state index in [1.165, 1.54) is 0 Å². The van der Waals surface area contributed by atoms with E-state index in [0.717, 1.165) is 50.0 Å². The molecule has 2 aliphatic heterocycles. The fourth-order valence-electron chi connectivity index (χ4n) is 3.25. The van der Waals surface area contributed by atoms with E-state index in [-0.39, 0.29) is 6.04 Å². The number of hydrogen-bond donors (Lipinski definition) is 1. The fourth-order valence-corrected chi connectivity index (χ4v) is 4.75. The lowest BCUT2D eigenvalue weighted by atomic mass is 10.1. The molecule has 0 aromatic carbocycles. The molecule has 7 heteroatoms. The standard InChI is InChI=1S/C14H24N4O2S/c1-12-10-17-11-13(6-7-14(17)15-12)16-21(19,20)18-8-4-2-3-5-9-18/h10,13,16H,2-9,11H2,1H3/t13-/m0/s1. The summed E-state index contributed by atoms with van der Waals surface area (Å²) in [5.74, 6) is 1.07. The molecule has 0 bridgehead atoms. The van der Waals surface area contributed by atoms with Gasteiger partial charge in [0.2, 0.25) is 0 Å². The lowest BCUT2D eigenvalue weighted by molar-refractivity contribution is 0.379. The molecule has 0 aliphatic carbocycles. The molecule has 21 heavy (non-hydrogen) atoms. The Morgan fingerprint density at radius 1 is 1.24 bits per heavy atom. The van der Waals surface area contributed by atoms with Crippen LogP contribution in [0.2, 0.25) is 0 Å². The molecule has 1 atom stereocenters. The van der Waals surface area contributed by atoms with Crippen LogP contribution in [0.1, 0.15) is 43.6 Å². The fraction of sp³-hybridized carbons (Fsp3) is 0.786. The van der Waals surface area contributed by atoms with Gasteiger partial charge in [0.25, 0.3) is 10.2 Å². The second-order valence-electron chi connectivity index (χ2n) is 6.12. The van der Waals surface area contributed by atoms with Crippen molar-refractivity contribution < 1.29 is 8.42 Å². The molecule has 1 aromatic heterocycles. The van der Waals surface area contributed by atoms with Crippen molar-refractivity contribution in [2.45, 2.75) is 58.0 Å². The molecule has 1 N–H and O–H groups in total. The normalized spacial score (nSPS) is 24.5. The number of nitrogens with one attached hydrogen (secondary N) is 1. The van der Waals surface area contributed by atoms with E-state index in [0.29, 0.717) is 19.6 Å². The molecule has 3 rings (SSSR count). The molecule has 0 unspecified atom stereocenters. The third-order valence-electron chi connectivity index (χ3n) is 4.33. The van der Waals surface area contributed by atoms with Gasteiger partial charge in [-0.2, -0.15) is 17.4 Å². The molecule has 6 nitrogen and oxygen atoms in total. The van der Waals surface area contributed by atoms with Crippen LogP contribution in [0.15, 0.2) is 6.20 Å². The molecular formula is C14H24N4O2S. The number of rotatable bonds is 3. The Bertz CT molecular complexity index is 588. The van der Waals surface area contributed by atoms with Crippen LogP contribution in [-0.4, -0.2) is 41.4 Å². The summed E-state index contributed by atoms with van der Waals surface area (Å²) in [6.45, 7) is 3.96. The molecular weight excluding hydrogens is 288 g/mol. The smallest absolute Gasteiger partial charge is 0.279 e. The minimum absolute atomic E-state index is 0.0284. The summed E-state index contributed by atoms with van der Waals surface area (Å²) >= 11 is 0. The Morgan fingerprint density at radius 3 is 2.67 bits per heavy atom. The highest BCUT2D eigenvalue weighted by atomic mass is 32.2. The summed E-state index contributed by atoms with van der Waals surface area (Å²) in [7, 11) is -3.35. The molecule has 1 saturated heterocycles. The highest BCUT2D eigenvalue weighted by Gasteiger charge is 2.28. The Balaban J connectivity index is 1.66. The average Bonchev–Trinajstić information content (AvgIpc) is 2.64. The molecule has 2 aliphatic rings. The van der Waals surface area contributed by atoms with Crippen molar-refractivity contribution in [2.75, 3.05) is 13.1 Å². The quantitative estimate of drug-likeness (QED) is 0.912. The number of imidazole rings is 1. The summed E-state index contributed by atoms with van der Waals surface area (Å²) in [5.41, 5.74) is 1.00. The molecule has 1 aromatic rings. The van der Waals surface area contributed by atoms with E-state index in [1.54, 1.807) is 4.31 Å². The lowest BCUT2D eigenvalue weighted by Crippen LogP contribution is -2.48. The number of fused-ring (bicyclic) bond motifs is 1. The third kappa shape index (κ3) is 3.46. The van der Waals surface area contributed by atoms with Crippen LogP contribution < -0.4 is 4.72 Å². The van der Waals surface area contributed by atoms with Crippen LogP contribution in [-0.2, 0) is 23.2 Å². The number of aromatic nitrogens is 2. The van der Waals surface area contributed by atoms with Crippen LogP contribution in [0.3, 0.4) is 0 Å². The predicted molar refractivity (Wildman–Crippen MR) is 81.2 cm³/mol. The maximum absolute atomic E-state index is 12.5. The van der Waals surface area contributed by atoms with Crippen molar-refractivity contribution in [2.24, 2.45) is 0 Å². The molecule has 1 fully saturated rings. The summed E-state index contributed by atoms with van der Waals surface area (Å²) in [6.07, 6.45) is 7.86. The van der Waals surface area contributed by atoms with E-state index < -0.39 is 10.2 Å². The van der Waals surface area contributed by atoms with Gasteiger partial charge < -0.3 is 4.57 Å². The van der Waals surface area contributed by atoms with Gasteiger partial charge in [-0.05, 0) is 26.2 Å². The van der Waals surface area contributed by atoms with Crippen molar-refractivity contribution in [1.82, 2.24) is 18.6 Å². The first-order valence-electron chi connectivity index (χ1n) is 7.85. The first-order valence-corrected chi connectivity index (χ1v) is 9.29. The number of nitrogens with zero attached hydrogens (tertiary/aromatic N) is 3. The third-order valence-corrected chi connectivity index (χ3v) is 6.01. The number of aryl methyl sites for hydroxylation is 2. The largest absolute Gasteiger partial charge is 0.333 e. The average molecular weight is 312 g/mol. The zero-order valence-electron chi connectivity index (χ0n) is 12.6. The molecule has 0 saturated carbocycles. The minimum Gasteiger partial charge on any atom is -0.333 e. The van der Waals surface area contributed by atoms with Crippen LogP contribution >= 0.6 is 0 Å². The van der Waals surface area contributed by atoms with Crippen molar-refractivity contribution >= 4 is 10.2 Å². The van der Waals surface area contributed by atoms with E-state index in [4.69, 9.17) is 0 Å². The summed E-state index contributed by atoms with van der Waals surface area (Å²) in [6, 6.07) is -0.0284. The molecule has 0 radical (unpaired) electrons. The second-order valence-corrected chi connectivity index (χ2v) is 7.82. The van der Waals surface area contributed by atoms with E-state index in [2.05, 4.69) is 14.3 Å². The molecule has 118 valence electrons. The van der Waals surface area contributed by atoms with Crippen LogP contribution in [0, 0.1) is 6.92 Å². The number of hydrogen-bond acceptors (Lipinski definition) is 3. The Morgan fingerprint density at radius 2 is 1.95 bits per heavy atom. The second kappa shape index (κ2) is 6.06. The van der Waals surface area contributed by atoms with Gasteiger partial charge in [0.1, 0.15) is 5.82 Å². The molecule has 0 amide bonds. The Kier molecular flexibility index (Phi) is 4.33. The Labute approximate surface area is 126 Å². The van der Waals surface area contributed by atoms with Gasteiger partial charge in [-0.15, -0.1) is 0 Å². The SMILES string of the molecule is Cc1cn2c(n1)CC[C@H](NS(=O)(=O)N1CCCCCC1)C2.